The van der Waals surface area contributed by atoms with Crippen LogP contribution < -0.4 is 5.73 Å². The summed E-state index contributed by atoms with van der Waals surface area (Å²) < 4.78 is 0. The third kappa shape index (κ3) is 6.86. The molecule has 0 spiro atoms. The van der Waals surface area contributed by atoms with Crippen molar-refractivity contribution in [2.75, 3.05) is 13.6 Å². The van der Waals surface area contributed by atoms with Gasteiger partial charge >= 0.3 is 0 Å². The van der Waals surface area contributed by atoms with E-state index in [4.69, 9.17) is 10.8 Å². The summed E-state index contributed by atoms with van der Waals surface area (Å²) in [5, 5.41) is 9.04. The van der Waals surface area contributed by atoms with Crippen LogP contribution in [0.2, 0.25) is 0 Å². The van der Waals surface area contributed by atoms with Crippen molar-refractivity contribution in [2.45, 2.75) is 45.3 Å². The average Bonchev–Trinajstić information content (AvgIpc) is 2.09. The molecule has 0 fully saturated rings. The molecular formula is C10H22N2O2. The zero-order valence-electron chi connectivity index (χ0n) is 9.36. The molecule has 0 saturated carbocycles. The van der Waals surface area contributed by atoms with Crippen LogP contribution in [0.1, 0.15) is 33.1 Å². The van der Waals surface area contributed by atoms with E-state index in [1.807, 2.05) is 6.92 Å². The highest BCUT2D eigenvalue weighted by molar-refractivity contribution is 5.75. The molecule has 0 aromatic heterocycles. The van der Waals surface area contributed by atoms with Gasteiger partial charge in [-0.05, 0) is 26.7 Å². The van der Waals surface area contributed by atoms with Crippen LogP contribution in [0.5, 0.6) is 0 Å². The topological polar surface area (TPSA) is 66.6 Å². The number of rotatable bonds is 6. The number of nitrogens with zero attached hydrogens (tertiary/aromatic N) is 1. The lowest BCUT2D eigenvalue weighted by molar-refractivity contribution is -0.130. The summed E-state index contributed by atoms with van der Waals surface area (Å²) in [5.41, 5.74) is 5.55. The molecule has 4 heteroatoms. The Morgan fingerprint density at radius 2 is 2.00 bits per heavy atom. The van der Waals surface area contributed by atoms with Gasteiger partial charge in [-0.15, -0.1) is 0 Å². The zero-order valence-corrected chi connectivity index (χ0v) is 9.36. The van der Waals surface area contributed by atoms with E-state index >= 15 is 0 Å². The summed E-state index contributed by atoms with van der Waals surface area (Å²) in [4.78, 5) is 13.1. The molecule has 0 rings (SSSR count). The van der Waals surface area contributed by atoms with Gasteiger partial charge in [-0.2, -0.15) is 0 Å². The van der Waals surface area contributed by atoms with Gasteiger partial charge in [0.05, 0.1) is 6.10 Å². The molecule has 0 aromatic carbocycles. The second-order valence-electron chi connectivity index (χ2n) is 3.97. The molecule has 14 heavy (non-hydrogen) atoms. The van der Waals surface area contributed by atoms with E-state index in [0.29, 0.717) is 19.4 Å². The highest BCUT2D eigenvalue weighted by Crippen LogP contribution is 2.00. The first-order chi connectivity index (χ1) is 6.43. The largest absolute Gasteiger partial charge is 0.393 e. The molecule has 0 aromatic rings. The summed E-state index contributed by atoms with van der Waals surface area (Å²) in [6, 6.07) is 0.0733. The van der Waals surface area contributed by atoms with Crippen molar-refractivity contribution in [1.82, 2.24) is 4.90 Å². The molecule has 0 heterocycles. The number of carbonyl (C=O) groups is 1. The van der Waals surface area contributed by atoms with Crippen LogP contribution in [-0.4, -0.2) is 41.7 Å². The van der Waals surface area contributed by atoms with Crippen LogP contribution in [0.3, 0.4) is 0 Å². The number of carbonyl (C=O) groups excluding carboxylic acids is 1. The van der Waals surface area contributed by atoms with Crippen molar-refractivity contribution in [2.24, 2.45) is 5.73 Å². The first kappa shape index (κ1) is 13.4. The summed E-state index contributed by atoms with van der Waals surface area (Å²) in [6.45, 7) is 4.22. The molecule has 1 amide bonds. The van der Waals surface area contributed by atoms with Gasteiger partial charge in [-0.1, -0.05) is 0 Å². The maximum absolute atomic E-state index is 11.4. The molecule has 0 aliphatic rings. The Morgan fingerprint density at radius 1 is 1.43 bits per heavy atom. The molecular weight excluding hydrogens is 180 g/mol. The van der Waals surface area contributed by atoms with E-state index in [-0.39, 0.29) is 18.1 Å². The summed E-state index contributed by atoms with van der Waals surface area (Å²) in [7, 11) is 1.76. The number of amides is 1. The van der Waals surface area contributed by atoms with Gasteiger partial charge in [0.2, 0.25) is 5.91 Å². The Bertz CT molecular complexity index is 170. The molecule has 84 valence electrons. The second kappa shape index (κ2) is 6.79. The summed E-state index contributed by atoms with van der Waals surface area (Å²) in [5.74, 6) is 0.1000. The van der Waals surface area contributed by atoms with Crippen LogP contribution >= 0.6 is 0 Å². The van der Waals surface area contributed by atoms with Crippen LogP contribution in [0.15, 0.2) is 0 Å². The van der Waals surface area contributed by atoms with Crippen molar-refractivity contribution in [3.05, 3.63) is 0 Å². The minimum Gasteiger partial charge on any atom is -0.393 e. The molecule has 3 N–H and O–H groups in total. The highest BCUT2D eigenvalue weighted by Gasteiger charge is 2.09. The zero-order chi connectivity index (χ0) is 11.1. The predicted octanol–water partition coefficient (Wildman–Crippen LogP) is 0.343. The van der Waals surface area contributed by atoms with Crippen LogP contribution in [0, 0.1) is 0 Å². The number of hydrogen-bond acceptors (Lipinski definition) is 3. The predicted molar refractivity (Wildman–Crippen MR) is 56.8 cm³/mol. The van der Waals surface area contributed by atoms with E-state index in [9.17, 15) is 4.79 Å². The van der Waals surface area contributed by atoms with Gasteiger partial charge in [-0.25, -0.2) is 0 Å². The maximum Gasteiger partial charge on any atom is 0.222 e. The van der Waals surface area contributed by atoms with E-state index < -0.39 is 0 Å². The minimum absolute atomic E-state index is 0.0733. The molecule has 0 aliphatic carbocycles. The van der Waals surface area contributed by atoms with Gasteiger partial charge in [0.15, 0.2) is 0 Å². The normalized spacial score (nSPS) is 14.9. The minimum atomic E-state index is -0.348. The third-order valence-corrected chi connectivity index (χ3v) is 2.12. The van der Waals surface area contributed by atoms with Gasteiger partial charge < -0.3 is 15.7 Å². The number of aliphatic hydroxyl groups is 1. The lowest BCUT2D eigenvalue weighted by atomic mass is 10.2. The number of nitrogens with two attached hydrogens (primary N) is 1. The smallest absolute Gasteiger partial charge is 0.222 e. The Kier molecular flexibility index (Phi) is 6.49. The summed E-state index contributed by atoms with van der Waals surface area (Å²) >= 11 is 0. The van der Waals surface area contributed by atoms with Gasteiger partial charge in [-0.3, -0.25) is 4.79 Å². The Labute approximate surface area is 86.1 Å². The fourth-order valence-corrected chi connectivity index (χ4v) is 1.05. The monoisotopic (exact) mass is 202 g/mol. The maximum atomic E-state index is 11.4. The second-order valence-corrected chi connectivity index (χ2v) is 3.97. The molecule has 2 unspecified atom stereocenters. The number of hydrogen-bond donors (Lipinski definition) is 2. The fraction of sp³-hybridized carbons (Fsp3) is 0.900. The summed E-state index contributed by atoms with van der Waals surface area (Å²) in [6.07, 6.45) is 1.49. The average molecular weight is 202 g/mol. The van der Waals surface area contributed by atoms with Crippen molar-refractivity contribution in [3.8, 4) is 0 Å². The lowest BCUT2D eigenvalue weighted by Gasteiger charge is -2.18. The third-order valence-electron chi connectivity index (χ3n) is 2.12. The Balaban J connectivity index is 3.65. The van der Waals surface area contributed by atoms with Crippen LogP contribution in [-0.2, 0) is 4.79 Å². The van der Waals surface area contributed by atoms with Crippen molar-refractivity contribution in [3.63, 3.8) is 0 Å². The van der Waals surface area contributed by atoms with E-state index in [0.717, 1.165) is 6.42 Å². The molecule has 0 radical (unpaired) electrons. The molecule has 2 atom stereocenters. The van der Waals surface area contributed by atoms with Crippen LogP contribution in [0.25, 0.3) is 0 Å². The quantitative estimate of drug-likeness (QED) is 0.653. The Hall–Kier alpha value is -0.610. The van der Waals surface area contributed by atoms with Gasteiger partial charge in [0.1, 0.15) is 0 Å². The van der Waals surface area contributed by atoms with Gasteiger partial charge in [0, 0.05) is 26.1 Å². The van der Waals surface area contributed by atoms with Crippen molar-refractivity contribution >= 4 is 5.91 Å². The standard InChI is InChI=1S/C10H22N2O2/c1-8(11)4-5-10(14)12(3)7-6-9(2)13/h8-9,13H,4-7,11H2,1-3H3. The molecule has 0 bridgehead atoms. The van der Waals surface area contributed by atoms with Crippen molar-refractivity contribution < 1.29 is 9.90 Å². The number of aliphatic hydroxyl groups excluding tert-OH is 1. The SMILES string of the molecule is CC(N)CCC(=O)N(C)CCC(C)O. The molecule has 4 nitrogen and oxygen atoms in total. The van der Waals surface area contributed by atoms with E-state index in [1.54, 1.807) is 18.9 Å². The first-order valence-corrected chi connectivity index (χ1v) is 5.11. The highest BCUT2D eigenvalue weighted by atomic mass is 16.3. The van der Waals surface area contributed by atoms with Gasteiger partial charge in [0.25, 0.3) is 0 Å². The fourth-order valence-electron chi connectivity index (χ4n) is 1.05. The molecule has 0 aliphatic heterocycles. The first-order valence-electron chi connectivity index (χ1n) is 5.11. The van der Waals surface area contributed by atoms with Crippen molar-refractivity contribution in [1.29, 1.82) is 0 Å². The van der Waals surface area contributed by atoms with E-state index in [1.165, 1.54) is 0 Å². The van der Waals surface area contributed by atoms with Crippen LogP contribution in [0.4, 0.5) is 0 Å². The van der Waals surface area contributed by atoms with E-state index in [2.05, 4.69) is 0 Å². The molecule has 0 saturated heterocycles. The lowest BCUT2D eigenvalue weighted by Crippen LogP contribution is -2.30. The Morgan fingerprint density at radius 3 is 2.43 bits per heavy atom.